The van der Waals surface area contributed by atoms with E-state index in [9.17, 15) is 14.9 Å². The van der Waals surface area contributed by atoms with Gasteiger partial charge in [0.2, 0.25) is 5.70 Å². The predicted molar refractivity (Wildman–Crippen MR) is 99.2 cm³/mol. The van der Waals surface area contributed by atoms with E-state index in [-0.39, 0.29) is 24.4 Å². The second kappa shape index (κ2) is 11.6. The van der Waals surface area contributed by atoms with Crippen molar-refractivity contribution in [2.24, 2.45) is 0 Å². The molecule has 0 aromatic carbocycles. The molecule has 0 amide bonds. The molecular formula is C17H21N3O4S. The number of rotatable bonds is 5. The normalized spacial score (nSPS) is 10.0. The van der Waals surface area contributed by atoms with Crippen molar-refractivity contribution in [1.82, 2.24) is 9.38 Å². The second-order valence-corrected chi connectivity index (χ2v) is 5.18. The van der Waals surface area contributed by atoms with Crippen molar-refractivity contribution in [2.75, 3.05) is 6.61 Å². The maximum Gasteiger partial charge on any atom is 0.358 e. The predicted octanol–water partition coefficient (Wildman–Crippen LogP) is 3.74. The number of fused-ring (bicyclic) bond motifs is 1. The molecule has 25 heavy (non-hydrogen) atoms. The summed E-state index contributed by atoms with van der Waals surface area (Å²) in [4.78, 5) is 26.8. The standard InChI is InChI=1S/C12H13N3O4S.C3H6.C2H2/c1-3-8(15(17)18)5-9-7-20-12-13-10(6-14(9)12)11(16)19-4-2;1-3-2;1-2/h3,6-7H,4-5H2,1-2H3;3H,1H2,2H3;1-2H/b8-3+;;. The fourth-order valence-corrected chi connectivity index (χ4v) is 2.59. The van der Waals surface area contributed by atoms with Crippen LogP contribution in [-0.4, -0.2) is 26.9 Å². The molecular weight excluding hydrogens is 342 g/mol. The van der Waals surface area contributed by atoms with Crippen molar-refractivity contribution in [1.29, 1.82) is 0 Å². The number of terminal acetylenes is 1. The average Bonchev–Trinajstić information content (AvgIpc) is 3.16. The van der Waals surface area contributed by atoms with Gasteiger partial charge in [0.05, 0.1) is 18.0 Å². The monoisotopic (exact) mass is 363 g/mol. The lowest BCUT2D eigenvalue weighted by Gasteiger charge is -1.98. The molecule has 0 saturated carbocycles. The second-order valence-electron chi connectivity index (χ2n) is 4.35. The molecule has 0 unspecified atom stereocenters. The highest BCUT2D eigenvalue weighted by Gasteiger charge is 2.18. The maximum absolute atomic E-state index is 11.6. The lowest BCUT2D eigenvalue weighted by atomic mass is 10.2. The van der Waals surface area contributed by atoms with Crippen LogP contribution < -0.4 is 0 Å². The van der Waals surface area contributed by atoms with E-state index in [0.29, 0.717) is 4.96 Å². The van der Waals surface area contributed by atoms with Crippen LogP contribution in [-0.2, 0) is 11.2 Å². The van der Waals surface area contributed by atoms with E-state index in [1.54, 1.807) is 35.9 Å². The highest BCUT2D eigenvalue weighted by atomic mass is 32.1. The highest BCUT2D eigenvalue weighted by Crippen LogP contribution is 2.20. The van der Waals surface area contributed by atoms with Gasteiger partial charge in [-0.1, -0.05) is 6.08 Å². The summed E-state index contributed by atoms with van der Waals surface area (Å²) in [6.07, 6.45) is 12.9. The number of aromatic nitrogens is 2. The van der Waals surface area contributed by atoms with Gasteiger partial charge in [-0.05, 0) is 26.8 Å². The van der Waals surface area contributed by atoms with E-state index in [4.69, 9.17) is 4.74 Å². The van der Waals surface area contributed by atoms with Crippen molar-refractivity contribution >= 4 is 22.3 Å². The maximum atomic E-state index is 11.6. The number of nitrogens with zero attached hydrogens (tertiary/aromatic N) is 3. The van der Waals surface area contributed by atoms with Crippen LogP contribution in [0.3, 0.4) is 0 Å². The molecule has 0 aliphatic heterocycles. The third-order valence-electron chi connectivity index (χ3n) is 2.70. The number of thiazole rings is 1. The number of hydrogen-bond acceptors (Lipinski definition) is 6. The Hall–Kier alpha value is -2.92. The molecule has 0 radical (unpaired) electrons. The van der Waals surface area contributed by atoms with Crippen LogP contribution in [0.4, 0.5) is 0 Å². The van der Waals surface area contributed by atoms with Gasteiger partial charge < -0.3 is 4.74 Å². The largest absolute Gasteiger partial charge is 0.461 e. The quantitative estimate of drug-likeness (QED) is 0.265. The van der Waals surface area contributed by atoms with Crippen LogP contribution in [0.1, 0.15) is 37.0 Å². The molecule has 0 spiro atoms. The molecule has 134 valence electrons. The Labute approximate surface area is 150 Å². The lowest BCUT2D eigenvalue weighted by Crippen LogP contribution is -2.05. The first-order chi connectivity index (χ1) is 12.0. The minimum atomic E-state index is -0.491. The van der Waals surface area contributed by atoms with Gasteiger partial charge in [0, 0.05) is 17.3 Å². The zero-order chi connectivity index (χ0) is 19.4. The van der Waals surface area contributed by atoms with Crippen molar-refractivity contribution in [3.05, 3.63) is 57.5 Å². The Kier molecular flexibility index (Phi) is 10.2. The molecule has 8 heteroatoms. The Morgan fingerprint density at radius 1 is 1.52 bits per heavy atom. The van der Waals surface area contributed by atoms with Gasteiger partial charge >= 0.3 is 5.97 Å². The molecule has 0 bridgehead atoms. The third kappa shape index (κ3) is 6.24. The molecule has 7 nitrogen and oxygen atoms in total. The van der Waals surface area contributed by atoms with Crippen LogP contribution in [0, 0.1) is 23.0 Å². The van der Waals surface area contributed by atoms with Gasteiger partial charge in [-0.25, -0.2) is 9.78 Å². The zero-order valence-corrected chi connectivity index (χ0v) is 15.3. The summed E-state index contributed by atoms with van der Waals surface area (Å²) in [5.41, 5.74) is 1.04. The van der Waals surface area contributed by atoms with E-state index < -0.39 is 10.9 Å². The summed E-state index contributed by atoms with van der Waals surface area (Å²) in [5.74, 6) is -0.491. The summed E-state index contributed by atoms with van der Waals surface area (Å²) in [7, 11) is 0. The van der Waals surface area contributed by atoms with Crippen molar-refractivity contribution in [3.8, 4) is 12.8 Å². The first-order valence-corrected chi connectivity index (χ1v) is 8.18. The number of carbonyl (C=O) groups is 1. The third-order valence-corrected chi connectivity index (χ3v) is 3.59. The fourth-order valence-electron chi connectivity index (χ4n) is 1.72. The van der Waals surface area contributed by atoms with Crippen LogP contribution in [0.15, 0.2) is 36.0 Å². The summed E-state index contributed by atoms with van der Waals surface area (Å²) < 4.78 is 6.56. The molecule has 0 aliphatic rings. The molecule has 2 aromatic heterocycles. The Bertz CT molecular complexity index is 771. The SMILES string of the molecule is C#C.C/C=C(\Cc1csc2nc(C(=O)OCC)cn12)[N+](=O)[O-].C=CC. The molecule has 0 aliphatic carbocycles. The van der Waals surface area contributed by atoms with Crippen molar-refractivity contribution in [3.63, 3.8) is 0 Å². The first-order valence-electron chi connectivity index (χ1n) is 7.30. The molecule has 0 N–H and O–H groups in total. The fraction of sp³-hybridized carbons (Fsp3) is 0.294. The topological polar surface area (TPSA) is 86.7 Å². The Morgan fingerprint density at radius 3 is 2.60 bits per heavy atom. The minimum Gasteiger partial charge on any atom is -0.461 e. The van der Waals surface area contributed by atoms with Gasteiger partial charge in [0.15, 0.2) is 10.7 Å². The van der Waals surface area contributed by atoms with Crippen LogP contribution >= 0.6 is 11.3 Å². The number of allylic oxidation sites excluding steroid dienone is 3. The number of imidazole rings is 1. The van der Waals surface area contributed by atoms with Crippen LogP contribution in [0.2, 0.25) is 0 Å². The first kappa shape index (κ1) is 22.1. The summed E-state index contributed by atoms with van der Waals surface area (Å²) in [6.45, 7) is 8.87. The highest BCUT2D eigenvalue weighted by molar-refractivity contribution is 7.15. The van der Waals surface area contributed by atoms with Gasteiger partial charge in [-0.3, -0.25) is 14.5 Å². The number of hydrogen-bond donors (Lipinski definition) is 0. The van der Waals surface area contributed by atoms with Gasteiger partial charge in [0.25, 0.3) is 0 Å². The van der Waals surface area contributed by atoms with E-state index in [0.717, 1.165) is 5.69 Å². The van der Waals surface area contributed by atoms with Crippen molar-refractivity contribution in [2.45, 2.75) is 27.2 Å². The van der Waals surface area contributed by atoms with Crippen LogP contribution in [0.5, 0.6) is 0 Å². The smallest absolute Gasteiger partial charge is 0.358 e. The van der Waals surface area contributed by atoms with Gasteiger partial charge in [-0.2, -0.15) is 0 Å². The Morgan fingerprint density at radius 2 is 2.12 bits per heavy atom. The zero-order valence-electron chi connectivity index (χ0n) is 14.5. The Balaban J connectivity index is 0.00000104. The summed E-state index contributed by atoms with van der Waals surface area (Å²) >= 11 is 1.33. The number of carbonyl (C=O) groups excluding carboxylic acids is 1. The molecule has 2 aromatic rings. The number of nitro groups is 1. The van der Waals surface area contributed by atoms with E-state index >= 15 is 0 Å². The van der Waals surface area contributed by atoms with Gasteiger partial charge in [0.1, 0.15) is 0 Å². The minimum absolute atomic E-state index is 0.107. The van der Waals surface area contributed by atoms with E-state index in [2.05, 4.69) is 24.4 Å². The van der Waals surface area contributed by atoms with E-state index in [1.165, 1.54) is 17.4 Å². The molecule has 0 atom stereocenters. The van der Waals surface area contributed by atoms with Crippen LogP contribution in [0.25, 0.3) is 4.96 Å². The van der Waals surface area contributed by atoms with E-state index in [1.807, 2.05) is 6.92 Å². The van der Waals surface area contributed by atoms with Crippen molar-refractivity contribution < 1.29 is 14.5 Å². The average molecular weight is 363 g/mol. The molecule has 0 fully saturated rings. The number of esters is 1. The van der Waals surface area contributed by atoms with Gasteiger partial charge in [-0.15, -0.1) is 30.8 Å². The number of ether oxygens (including phenoxy) is 1. The summed E-state index contributed by atoms with van der Waals surface area (Å²) in [5, 5.41) is 12.6. The lowest BCUT2D eigenvalue weighted by molar-refractivity contribution is -0.427. The molecule has 2 heterocycles. The summed E-state index contributed by atoms with van der Waals surface area (Å²) in [6, 6.07) is 0. The molecule has 0 saturated heterocycles. The molecule has 2 rings (SSSR count).